The third-order valence-corrected chi connectivity index (χ3v) is 20.7. The van der Waals surface area contributed by atoms with Gasteiger partial charge in [0.05, 0.1) is 38.8 Å². The maximum Gasteiger partial charge on any atom is 0.165 e. The second kappa shape index (κ2) is 25.3. The van der Waals surface area contributed by atoms with Gasteiger partial charge in [0, 0.05) is 12.1 Å². The van der Waals surface area contributed by atoms with Gasteiger partial charge in [-0.15, -0.1) is 0 Å². The predicted octanol–water partition coefficient (Wildman–Crippen LogP) is 3.95. The molecule has 6 nitrogen and oxygen atoms in total. The zero-order valence-electron chi connectivity index (χ0n) is 38.0. The lowest BCUT2D eigenvalue weighted by Crippen LogP contribution is -3.00. The van der Waals surface area contributed by atoms with Crippen molar-refractivity contribution in [2.45, 2.75) is 12.3 Å². The summed E-state index contributed by atoms with van der Waals surface area (Å²) >= 11 is 0. The minimum Gasteiger partial charge on any atom is -1.00 e. The van der Waals surface area contributed by atoms with E-state index in [1.807, 2.05) is 0 Å². The fraction of sp³-hybridized carbons (Fsp3) is 0.172. The molecule has 1 aliphatic rings. The van der Waals surface area contributed by atoms with E-state index in [2.05, 4.69) is 218 Å². The van der Waals surface area contributed by atoms with Crippen LogP contribution in [0.4, 0.5) is 0 Å². The molecule has 0 aliphatic carbocycles. The lowest BCUT2D eigenvalue weighted by molar-refractivity contribution is -0.00100. The van der Waals surface area contributed by atoms with Gasteiger partial charge in [0.2, 0.25) is 0 Å². The SMILES string of the molecule is [Br-].[Br-].c1ccc(C[P+](c2ccccc2)(c2ccccc2)c2ccc3c(c2)OCCOCCOc2ccc([P+](Cc4ccccc4)(c4ccccc4)c4ccccc4)cc2OCCOCCO3)cc1. The van der Waals surface area contributed by atoms with Crippen molar-refractivity contribution in [2.75, 3.05) is 52.9 Å². The van der Waals surface area contributed by atoms with Gasteiger partial charge >= 0.3 is 0 Å². The molecular weight excluding hydrogens is 1010 g/mol. The van der Waals surface area contributed by atoms with E-state index in [-0.39, 0.29) is 34.0 Å². The maximum atomic E-state index is 6.58. The van der Waals surface area contributed by atoms with Crippen LogP contribution in [0.15, 0.2) is 218 Å². The minimum atomic E-state index is -2.22. The number of rotatable bonds is 10. The molecule has 0 radical (unpaired) electrons. The molecule has 1 heterocycles. The van der Waals surface area contributed by atoms with Crippen LogP contribution < -0.4 is 84.7 Å². The third-order valence-electron chi connectivity index (χ3n) is 12.0. The summed E-state index contributed by atoms with van der Waals surface area (Å²) in [4.78, 5) is 0. The summed E-state index contributed by atoms with van der Waals surface area (Å²) in [6.07, 6.45) is 1.72. The number of halogens is 2. The second-order valence-electron chi connectivity index (χ2n) is 16.1. The summed E-state index contributed by atoms with van der Waals surface area (Å²) in [7, 11) is -4.44. The predicted molar refractivity (Wildman–Crippen MR) is 274 cm³/mol. The molecule has 0 spiro atoms. The van der Waals surface area contributed by atoms with Crippen LogP contribution in [0.1, 0.15) is 11.1 Å². The van der Waals surface area contributed by atoms with Gasteiger partial charge in [-0.1, -0.05) is 133 Å². The Morgan fingerprint density at radius 3 is 0.824 bits per heavy atom. The van der Waals surface area contributed by atoms with E-state index in [0.29, 0.717) is 75.9 Å². The molecule has 10 heteroatoms. The summed E-state index contributed by atoms with van der Waals surface area (Å²) in [5.74, 6) is 2.70. The van der Waals surface area contributed by atoms with Gasteiger partial charge in [-0.05, 0) is 83.9 Å². The lowest BCUT2D eigenvalue weighted by atomic mass is 10.2. The van der Waals surface area contributed by atoms with E-state index in [4.69, 9.17) is 28.4 Å². The Labute approximate surface area is 423 Å². The summed E-state index contributed by atoms with van der Waals surface area (Å²) in [6.45, 7) is 2.88. The standard InChI is InChI=1S/C58H56O6P2.2BrH/c1-7-19-47(20-8-1)45-65(49-23-11-3-12-24-49,50-25-13-4-14-26-50)53-31-33-55-57(43-53)63-41-37-59-36-40-62-56-34-32-54(44-58(56)64-42-38-60-35-39-61-55)66(51-27-15-5-16-28-51,52-29-17-6-18-30-52)46-48-21-9-2-10-22-48;;/h1-34,43-44H,35-42,45-46H2;2*1H/q+2;;/p-2. The molecule has 68 heavy (non-hydrogen) atoms. The molecule has 8 aromatic rings. The summed E-state index contributed by atoms with van der Waals surface area (Å²) in [5, 5.41) is 7.64. The molecule has 0 fully saturated rings. The fourth-order valence-corrected chi connectivity index (χ4v) is 17.3. The summed E-state index contributed by atoms with van der Waals surface area (Å²) < 4.78 is 38.3. The molecule has 9 rings (SSSR count). The van der Waals surface area contributed by atoms with Crippen LogP contribution in [0.2, 0.25) is 0 Å². The van der Waals surface area contributed by atoms with E-state index >= 15 is 0 Å². The van der Waals surface area contributed by atoms with Gasteiger partial charge in [0.15, 0.2) is 23.0 Å². The average Bonchev–Trinajstić information content (AvgIpc) is 3.38. The number of fused-ring (bicyclic) bond motifs is 2. The van der Waals surface area contributed by atoms with Crippen LogP contribution in [0.3, 0.4) is 0 Å². The first kappa shape index (κ1) is 50.6. The molecule has 0 N–H and O–H groups in total. The van der Waals surface area contributed by atoms with Crippen LogP contribution in [0.25, 0.3) is 0 Å². The van der Waals surface area contributed by atoms with Gasteiger partial charge in [-0.2, -0.15) is 0 Å². The quantitative estimate of drug-likeness (QED) is 0.194. The maximum absolute atomic E-state index is 6.58. The van der Waals surface area contributed by atoms with Gasteiger partial charge < -0.3 is 62.4 Å². The normalized spacial score (nSPS) is 13.6. The smallest absolute Gasteiger partial charge is 0.165 e. The van der Waals surface area contributed by atoms with E-state index in [1.165, 1.54) is 43.0 Å². The Balaban J connectivity index is 0.00000342. The van der Waals surface area contributed by atoms with E-state index in [9.17, 15) is 0 Å². The van der Waals surface area contributed by atoms with Crippen molar-refractivity contribution in [3.63, 3.8) is 0 Å². The van der Waals surface area contributed by atoms with Gasteiger partial charge in [-0.3, -0.25) is 0 Å². The van der Waals surface area contributed by atoms with Crippen molar-refractivity contribution >= 4 is 46.4 Å². The monoisotopic (exact) mass is 1070 g/mol. The Morgan fingerprint density at radius 2 is 0.529 bits per heavy atom. The lowest BCUT2D eigenvalue weighted by Gasteiger charge is -2.28. The highest BCUT2D eigenvalue weighted by atomic mass is 79.9. The average molecular weight is 1070 g/mol. The second-order valence-corrected chi connectivity index (χ2v) is 23.1. The molecule has 0 aromatic heterocycles. The first-order valence-corrected chi connectivity index (χ1v) is 26.7. The van der Waals surface area contributed by atoms with Crippen LogP contribution in [0.5, 0.6) is 23.0 Å². The topological polar surface area (TPSA) is 55.4 Å². The first-order chi connectivity index (χ1) is 32.7. The van der Waals surface area contributed by atoms with Crippen LogP contribution >= 0.6 is 14.5 Å². The van der Waals surface area contributed by atoms with Gasteiger partial charge in [0.25, 0.3) is 0 Å². The Bertz CT molecular complexity index is 2450. The van der Waals surface area contributed by atoms with Crippen LogP contribution in [-0.2, 0) is 21.8 Å². The van der Waals surface area contributed by atoms with Gasteiger partial charge in [0.1, 0.15) is 72.8 Å². The molecule has 0 amide bonds. The summed E-state index contributed by atoms with van der Waals surface area (Å²) in [6, 6.07) is 78.2. The highest BCUT2D eigenvalue weighted by molar-refractivity contribution is 7.95. The minimum absolute atomic E-state index is 0. The largest absolute Gasteiger partial charge is 1.00 e. The van der Waals surface area contributed by atoms with Crippen molar-refractivity contribution in [2.24, 2.45) is 0 Å². The zero-order chi connectivity index (χ0) is 44.7. The van der Waals surface area contributed by atoms with Crippen molar-refractivity contribution in [1.29, 1.82) is 0 Å². The fourth-order valence-electron chi connectivity index (χ4n) is 8.87. The summed E-state index contributed by atoms with van der Waals surface area (Å²) in [5.41, 5.74) is 2.57. The zero-order valence-corrected chi connectivity index (χ0v) is 42.9. The highest BCUT2D eigenvalue weighted by Crippen LogP contribution is 2.60. The van der Waals surface area contributed by atoms with Gasteiger partial charge in [-0.25, -0.2) is 0 Å². The van der Waals surface area contributed by atoms with Crippen molar-refractivity contribution in [3.8, 4) is 23.0 Å². The third kappa shape index (κ3) is 11.9. The van der Waals surface area contributed by atoms with Crippen molar-refractivity contribution in [1.82, 2.24) is 0 Å². The molecule has 0 saturated carbocycles. The molecule has 0 saturated heterocycles. The van der Waals surface area contributed by atoms with Crippen LogP contribution in [0, 0.1) is 0 Å². The molecule has 0 atom stereocenters. The van der Waals surface area contributed by atoms with E-state index in [0.717, 1.165) is 12.3 Å². The molecule has 8 aromatic carbocycles. The Hall–Kier alpha value is -5.30. The number of hydrogen-bond acceptors (Lipinski definition) is 6. The number of benzene rings is 8. The van der Waals surface area contributed by atoms with Crippen molar-refractivity contribution in [3.05, 3.63) is 230 Å². The Kier molecular flexibility index (Phi) is 18.9. The Morgan fingerprint density at radius 1 is 0.265 bits per heavy atom. The molecule has 348 valence electrons. The van der Waals surface area contributed by atoms with E-state index < -0.39 is 14.5 Å². The van der Waals surface area contributed by atoms with Crippen molar-refractivity contribution < 1.29 is 62.4 Å². The first-order valence-electron chi connectivity index (χ1n) is 22.7. The van der Waals surface area contributed by atoms with E-state index in [1.54, 1.807) is 0 Å². The van der Waals surface area contributed by atoms with Crippen LogP contribution in [-0.4, -0.2) is 52.9 Å². The number of hydrogen-bond donors (Lipinski definition) is 0. The number of ether oxygens (including phenoxy) is 6. The molecule has 0 bridgehead atoms. The molecule has 1 aliphatic heterocycles. The highest BCUT2D eigenvalue weighted by Gasteiger charge is 2.47. The molecule has 0 unspecified atom stereocenters. The molecular formula is C58H56Br2O6P2.